The molecule has 0 heterocycles. The molecule has 0 aromatic carbocycles. The van der Waals surface area contributed by atoms with Crippen LogP contribution in [0, 0.1) is 0 Å². The molecule has 106 valence electrons. The first-order valence-corrected chi connectivity index (χ1v) is 5.49. The number of carbonyl (C=O) groups is 1. The summed E-state index contributed by atoms with van der Waals surface area (Å²) >= 11 is 0. The third-order valence-corrected chi connectivity index (χ3v) is 2.14. The minimum atomic E-state index is -4.85. The second-order valence-corrected chi connectivity index (χ2v) is 4.14. The molecule has 0 saturated carbocycles. The average molecular weight is 318 g/mol. The molecule has 0 saturated heterocycles. The fraction of sp³-hybridized carbons (Fsp3) is 0.833. The molecule has 10 nitrogen and oxygen atoms in total. The van der Waals surface area contributed by atoms with Crippen LogP contribution in [-0.4, -0.2) is 113 Å². The number of rotatable bonds is 7. The summed E-state index contributed by atoms with van der Waals surface area (Å²) in [6.45, 7) is -1.12. The molecular weight excluding hydrogens is 304 g/mol. The largest absolute Gasteiger partial charge is 2.00 e. The first-order valence-electron chi connectivity index (χ1n) is 4.13. The number of aliphatic hydroxyl groups excluding tert-OH is 4. The van der Waals surface area contributed by atoms with Crippen LogP contribution < -0.4 is 0 Å². The van der Waals surface area contributed by atoms with Crippen LogP contribution in [0.2, 0.25) is 0 Å². The van der Waals surface area contributed by atoms with E-state index in [1.807, 2.05) is 0 Å². The fourth-order valence-corrected chi connectivity index (χ4v) is 1.13. The summed E-state index contributed by atoms with van der Waals surface area (Å²) in [5, 5.41) is 44.3. The van der Waals surface area contributed by atoms with Crippen molar-refractivity contribution in [2.24, 2.45) is 0 Å². The first-order chi connectivity index (χ1) is 7.56. The van der Waals surface area contributed by atoms with Gasteiger partial charge in [-0.05, 0) is 0 Å². The Bertz CT molecular complexity index is 365. The molecule has 0 aliphatic heterocycles. The van der Waals surface area contributed by atoms with Crippen LogP contribution in [0.25, 0.3) is 0 Å². The summed E-state index contributed by atoms with van der Waals surface area (Å²) in [6.07, 6.45) is -8.83. The van der Waals surface area contributed by atoms with Crippen LogP contribution in [0.3, 0.4) is 0 Å². The Hall–Kier alpha value is 0.440. The van der Waals surface area contributed by atoms with Crippen molar-refractivity contribution < 1.29 is 50.3 Å². The topological polar surface area (TPSA) is 182 Å². The zero-order chi connectivity index (χ0) is 13.8. The molecule has 0 aromatic rings. The van der Waals surface area contributed by atoms with Gasteiger partial charge >= 0.3 is 54.1 Å². The number of aliphatic hydroxyl groups is 4. The Labute approximate surface area is 135 Å². The monoisotopic (exact) mass is 318 g/mol. The summed E-state index contributed by atoms with van der Waals surface area (Å²) in [6, 6.07) is 0. The van der Waals surface area contributed by atoms with Crippen molar-refractivity contribution in [2.45, 2.75) is 24.4 Å². The number of carboxylic acids is 1. The Balaban J connectivity index is -0.000000427. The summed E-state index contributed by atoms with van der Waals surface area (Å²) in [4.78, 5) is 10.2. The molecule has 18 heavy (non-hydrogen) atoms. The van der Waals surface area contributed by atoms with Gasteiger partial charge in [0.15, 0.2) is 6.10 Å². The molecule has 0 bridgehead atoms. The summed E-state index contributed by atoms with van der Waals surface area (Å²) in [5.41, 5.74) is 0. The van der Waals surface area contributed by atoms with E-state index in [0.717, 1.165) is 0 Å². The van der Waals surface area contributed by atoms with E-state index in [9.17, 15) is 13.2 Å². The van der Waals surface area contributed by atoms with Gasteiger partial charge in [0.05, 0.1) is 6.61 Å². The average Bonchev–Trinajstić information content (AvgIpc) is 2.21. The number of aliphatic carboxylic acids is 1. The van der Waals surface area contributed by atoms with Crippen molar-refractivity contribution in [3.8, 4) is 0 Å². The molecule has 4 unspecified atom stereocenters. The Morgan fingerprint density at radius 1 is 1.17 bits per heavy atom. The maximum Gasteiger partial charge on any atom is 2.00 e. The van der Waals surface area contributed by atoms with Gasteiger partial charge in [-0.3, -0.25) is 4.55 Å². The van der Waals surface area contributed by atoms with Gasteiger partial charge in [-0.1, -0.05) is 0 Å². The predicted molar refractivity (Wildman–Crippen MR) is 57.1 cm³/mol. The molecule has 0 amide bonds. The van der Waals surface area contributed by atoms with E-state index < -0.39 is 47.4 Å². The molecule has 0 radical (unpaired) electrons. The Morgan fingerprint density at radius 2 is 1.61 bits per heavy atom. The quantitative estimate of drug-likeness (QED) is 0.201. The standard InChI is InChI=1S/C6H12O10S.Ca.2H/c7-2(1-16-17(13,14)15)3(8)4(9)5(10)6(11)12;;;/h2-5,7-10H,1H2,(H,11,12)(H,13,14,15);;;/q;+2;2*-1. The molecule has 6 N–H and O–H groups in total. The van der Waals surface area contributed by atoms with Crippen molar-refractivity contribution in [1.82, 2.24) is 0 Å². The van der Waals surface area contributed by atoms with Crippen LogP contribution in [0.1, 0.15) is 2.85 Å². The van der Waals surface area contributed by atoms with Crippen molar-refractivity contribution in [3.05, 3.63) is 0 Å². The maximum atomic E-state index is 10.2. The van der Waals surface area contributed by atoms with Crippen molar-refractivity contribution in [2.75, 3.05) is 6.61 Å². The van der Waals surface area contributed by atoms with Gasteiger partial charge in [0, 0.05) is 0 Å². The third kappa shape index (κ3) is 7.78. The molecule has 0 aliphatic carbocycles. The fourth-order valence-electron chi connectivity index (χ4n) is 0.815. The van der Waals surface area contributed by atoms with Gasteiger partial charge in [0.25, 0.3) is 0 Å². The van der Waals surface area contributed by atoms with Crippen LogP contribution in [-0.2, 0) is 19.4 Å². The Morgan fingerprint density at radius 3 is 1.94 bits per heavy atom. The van der Waals surface area contributed by atoms with Gasteiger partial charge in [0.2, 0.25) is 0 Å². The van der Waals surface area contributed by atoms with Gasteiger partial charge in [-0.25, -0.2) is 8.98 Å². The van der Waals surface area contributed by atoms with Crippen LogP contribution in [0.4, 0.5) is 0 Å². The first kappa shape index (κ1) is 20.8. The van der Waals surface area contributed by atoms with Gasteiger partial charge in [-0.2, -0.15) is 8.42 Å². The predicted octanol–water partition coefficient (Wildman–Crippen LogP) is -3.82. The SMILES string of the molecule is O=C(O)C(O)C(O)C(O)C(O)COS(=O)(=O)O.[Ca+2].[H-].[H-]. The maximum absolute atomic E-state index is 10.2. The summed E-state index contributed by atoms with van der Waals surface area (Å²) < 4.78 is 32.0. The van der Waals surface area contributed by atoms with E-state index in [-0.39, 0.29) is 40.6 Å². The van der Waals surface area contributed by atoms with Crippen molar-refractivity contribution >= 4 is 54.1 Å². The minimum Gasteiger partial charge on any atom is -1.00 e. The van der Waals surface area contributed by atoms with Crippen LogP contribution in [0.15, 0.2) is 0 Å². The molecule has 0 spiro atoms. The van der Waals surface area contributed by atoms with E-state index in [1.165, 1.54) is 0 Å². The van der Waals surface area contributed by atoms with Crippen molar-refractivity contribution in [1.29, 1.82) is 0 Å². The molecule has 4 atom stereocenters. The molecule has 0 fully saturated rings. The van der Waals surface area contributed by atoms with Crippen molar-refractivity contribution in [3.63, 3.8) is 0 Å². The van der Waals surface area contributed by atoms with E-state index in [1.54, 1.807) is 0 Å². The summed E-state index contributed by atoms with van der Waals surface area (Å²) in [5.74, 6) is -1.85. The molecule has 0 aromatic heterocycles. The van der Waals surface area contributed by atoms with Crippen LogP contribution >= 0.6 is 0 Å². The molecule has 0 rings (SSSR count). The smallest absolute Gasteiger partial charge is 1.00 e. The molecular formula is C6H14CaO10S. The second-order valence-electron chi connectivity index (χ2n) is 3.04. The van der Waals surface area contributed by atoms with E-state index in [0.29, 0.717) is 0 Å². The van der Waals surface area contributed by atoms with Crippen LogP contribution in [0.5, 0.6) is 0 Å². The molecule has 0 aliphatic rings. The van der Waals surface area contributed by atoms with E-state index in [2.05, 4.69) is 4.18 Å². The minimum absolute atomic E-state index is 0. The van der Waals surface area contributed by atoms with Gasteiger partial charge in [0.1, 0.15) is 18.3 Å². The number of hydrogen-bond acceptors (Lipinski definition) is 8. The van der Waals surface area contributed by atoms with E-state index >= 15 is 0 Å². The number of hydrogen-bond donors (Lipinski definition) is 6. The zero-order valence-electron chi connectivity index (χ0n) is 10.9. The van der Waals surface area contributed by atoms with E-state index in [4.69, 9.17) is 30.1 Å². The molecule has 12 heteroatoms. The second kappa shape index (κ2) is 8.58. The number of carboxylic acid groups (broad SMARTS) is 1. The van der Waals surface area contributed by atoms with Gasteiger partial charge < -0.3 is 28.4 Å². The zero-order valence-corrected chi connectivity index (χ0v) is 12.0. The van der Waals surface area contributed by atoms with Gasteiger partial charge in [-0.15, -0.1) is 0 Å². The normalized spacial score (nSPS) is 18.3. The Kier molecular flexibility index (Phi) is 9.89. The third-order valence-electron chi connectivity index (χ3n) is 1.71. The summed E-state index contributed by atoms with van der Waals surface area (Å²) in [7, 11) is -4.85.